The predicted molar refractivity (Wildman–Crippen MR) is 63.0 cm³/mol. The zero-order valence-corrected chi connectivity index (χ0v) is 9.72. The van der Waals surface area contributed by atoms with Crippen LogP contribution in [0.15, 0.2) is 24.3 Å². The lowest BCUT2D eigenvalue weighted by Gasteiger charge is -2.06. The lowest BCUT2D eigenvalue weighted by molar-refractivity contribution is 0.367. The Morgan fingerprint density at radius 1 is 0.900 bits per heavy atom. The molecule has 0 radical (unpaired) electrons. The Morgan fingerprint density at radius 2 is 1.55 bits per heavy atom. The molecule has 0 atom stereocenters. The van der Waals surface area contributed by atoms with Crippen molar-refractivity contribution in [3.8, 4) is 17.1 Å². The van der Waals surface area contributed by atoms with Gasteiger partial charge in [-0.1, -0.05) is 12.1 Å². The molecule has 0 saturated heterocycles. The lowest BCUT2D eigenvalue weighted by atomic mass is 10.1. The number of aromatic amines is 1. The first-order valence-corrected chi connectivity index (χ1v) is 5.50. The molecule has 2 aromatic carbocycles. The number of halogens is 4. The first kappa shape index (κ1) is 12.5. The molecule has 0 aliphatic rings. The number of imidazole rings is 1. The molecule has 0 fully saturated rings. The van der Waals surface area contributed by atoms with Crippen LogP contribution in [0.5, 0.6) is 5.75 Å². The molecule has 0 aliphatic carbocycles. The van der Waals surface area contributed by atoms with Crippen LogP contribution in [-0.4, -0.2) is 15.1 Å². The molecule has 0 saturated carbocycles. The van der Waals surface area contributed by atoms with Gasteiger partial charge in [-0.25, -0.2) is 18.2 Å². The van der Waals surface area contributed by atoms with Crippen LogP contribution in [0.25, 0.3) is 22.4 Å². The van der Waals surface area contributed by atoms with E-state index in [1.807, 2.05) is 0 Å². The fourth-order valence-electron chi connectivity index (χ4n) is 1.91. The van der Waals surface area contributed by atoms with Gasteiger partial charge >= 0.3 is 0 Å². The largest absolute Gasteiger partial charge is 0.504 e. The molecule has 102 valence electrons. The molecule has 0 unspecified atom stereocenters. The molecule has 0 aliphatic heterocycles. The van der Waals surface area contributed by atoms with Crippen LogP contribution in [-0.2, 0) is 0 Å². The van der Waals surface area contributed by atoms with Crippen molar-refractivity contribution in [2.75, 3.05) is 0 Å². The maximum Gasteiger partial charge on any atom is 0.204 e. The van der Waals surface area contributed by atoms with E-state index >= 15 is 0 Å². The minimum absolute atomic E-state index is 0.293. The summed E-state index contributed by atoms with van der Waals surface area (Å²) in [6.45, 7) is 0. The van der Waals surface area contributed by atoms with E-state index in [2.05, 4.69) is 9.97 Å². The number of rotatable bonds is 1. The lowest BCUT2D eigenvalue weighted by Crippen LogP contribution is -2.00. The Hall–Kier alpha value is -2.57. The van der Waals surface area contributed by atoms with Crippen LogP contribution in [0.4, 0.5) is 17.6 Å². The number of fused-ring (bicyclic) bond motifs is 1. The van der Waals surface area contributed by atoms with Gasteiger partial charge in [-0.05, 0) is 12.1 Å². The third-order valence-electron chi connectivity index (χ3n) is 2.87. The summed E-state index contributed by atoms with van der Waals surface area (Å²) in [7, 11) is 0. The molecule has 3 nitrogen and oxygen atoms in total. The summed E-state index contributed by atoms with van der Waals surface area (Å²) in [4.78, 5) is 6.51. The van der Waals surface area contributed by atoms with Gasteiger partial charge in [0.15, 0.2) is 17.4 Å². The number of aromatic hydroxyl groups is 1. The Balaban J connectivity index is 2.34. The number of hydrogen-bond acceptors (Lipinski definition) is 2. The third kappa shape index (κ3) is 1.63. The molecule has 7 heteroatoms. The number of H-pyrrole nitrogens is 1. The van der Waals surface area contributed by atoms with Crippen molar-refractivity contribution in [1.29, 1.82) is 0 Å². The highest BCUT2D eigenvalue weighted by molar-refractivity contribution is 5.80. The van der Waals surface area contributed by atoms with Gasteiger partial charge in [-0.15, -0.1) is 0 Å². The number of aromatic nitrogens is 2. The Labute approximate surface area is 109 Å². The average molecular weight is 282 g/mol. The van der Waals surface area contributed by atoms with Gasteiger partial charge in [-0.3, -0.25) is 0 Å². The standard InChI is InChI=1S/C13H6F4N2O/c14-8-7(12(20)11(17)10(16)9(8)15)13-18-5-3-1-2-4-6(5)19-13/h1-4,20H,(H,18,19). The summed E-state index contributed by atoms with van der Waals surface area (Å²) in [5, 5.41) is 9.48. The maximum absolute atomic E-state index is 13.7. The first-order valence-electron chi connectivity index (χ1n) is 5.50. The van der Waals surface area contributed by atoms with Gasteiger partial charge in [0, 0.05) is 0 Å². The molecule has 1 aromatic heterocycles. The van der Waals surface area contributed by atoms with Gasteiger partial charge < -0.3 is 10.1 Å². The summed E-state index contributed by atoms with van der Waals surface area (Å²) in [5.41, 5.74) is 0.0375. The van der Waals surface area contributed by atoms with Gasteiger partial charge in [0.25, 0.3) is 0 Å². The number of phenolic OH excluding ortho intramolecular Hbond substituents is 1. The second-order valence-electron chi connectivity index (χ2n) is 4.08. The van der Waals surface area contributed by atoms with Crippen molar-refractivity contribution >= 4 is 11.0 Å². The highest BCUT2D eigenvalue weighted by Gasteiger charge is 2.27. The highest BCUT2D eigenvalue weighted by Crippen LogP contribution is 2.36. The minimum Gasteiger partial charge on any atom is -0.504 e. The summed E-state index contributed by atoms with van der Waals surface area (Å²) in [5.74, 6) is -9.27. The molecular weight excluding hydrogens is 276 g/mol. The van der Waals surface area contributed by atoms with Gasteiger partial charge in [0.2, 0.25) is 11.6 Å². The van der Waals surface area contributed by atoms with Crippen LogP contribution in [0.1, 0.15) is 0 Å². The number of phenols is 1. The van der Waals surface area contributed by atoms with E-state index < -0.39 is 34.6 Å². The number of nitrogens with one attached hydrogen (secondary N) is 1. The number of nitrogens with zero attached hydrogens (tertiary/aromatic N) is 1. The normalized spacial score (nSPS) is 11.2. The highest BCUT2D eigenvalue weighted by atomic mass is 19.2. The fourth-order valence-corrected chi connectivity index (χ4v) is 1.91. The van der Waals surface area contributed by atoms with Gasteiger partial charge in [0.1, 0.15) is 11.4 Å². The van der Waals surface area contributed by atoms with Crippen molar-refractivity contribution in [1.82, 2.24) is 9.97 Å². The smallest absolute Gasteiger partial charge is 0.204 e. The summed E-state index contributed by atoms with van der Waals surface area (Å²) in [6.07, 6.45) is 0. The monoisotopic (exact) mass is 282 g/mol. The SMILES string of the molecule is Oc1c(F)c(F)c(F)c(F)c1-c1nc2ccccc2[nH]1. The van der Waals surface area contributed by atoms with Gasteiger partial charge in [0.05, 0.1) is 11.0 Å². The van der Waals surface area contributed by atoms with Crippen molar-refractivity contribution in [3.63, 3.8) is 0 Å². The van der Waals surface area contributed by atoms with E-state index in [0.717, 1.165) is 0 Å². The molecule has 20 heavy (non-hydrogen) atoms. The van der Waals surface area contributed by atoms with Crippen LogP contribution in [0.2, 0.25) is 0 Å². The molecule has 0 spiro atoms. The second kappa shape index (κ2) is 4.22. The van der Waals surface area contributed by atoms with Crippen molar-refractivity contribution in [3.05, 3.63) is 47.5 Å². The molecule has 2 N–H and O–H groups in total. The Kier molecular flexibility index (Phi) is 2.63. The van der Waals surface area contributed by atoms with E-state index in [1.165, 1.54) is 0 Å². The minimum atomic E-state index is -2.07. The summed E-state index contributed by atoms with van der Waals surface area (Å²) >= 11 is 0. The number of benzene rings is 2. The summed E-state index contributed by atoms with van der Waals surface area (Å²) < 4.78 is 53.2. The predicted octanol–water partition coefficient (Wildman–Crippen LogP) is 3.49. The first-order chi connectivity index (χ1) is 9.50. The van der Waals surface area contributed by atoms with Crippen LogP contribution in [0.3, 0.4) is 0 Å². The zero-order chi connectivity index (χ0) is 14.4. The van der Waals surface area contributed by atoms with E-state index in [4.69, 9.17) is 0 Å². The zero-order valence-electron chi connectivity index (χ0n) is 9.72. The quantitative estimate of drug-likeness (QED) is 0.408. The Morgan fingerprint density at radius 3 is 2.25 bits per heavy atom. The number of para-hydroxylation sites is 2. The van der Waals surface area contributed by atoms with E-state index in [-0.39, 0.29) is 5.82 Å². The number of hydrogen-bond donors (Lipinski definition) is 2. The maximum atomic E-state index is 13.7. The van der Waals surface area contributed by atoms with E-state index in [1.54, 1.807) is 24.3 Å². The van der Waals surface area contributed by atoms with E-state index in [9.17, 15) is 22.7 Å². The molecule has 3 aromatic rings. The average Bonchev–Trinajstić information content (AvgIpc) is 2.86. The van der Waals surface area contributed by atoms with Gasteiger partial charge in [-0.2, -0.15) is 4.39 Å². The van der Waals surface area contributed by atoms with Crippen molar-refractivity contribution < 1.29 is 22.7 Å². The van der Waals surface area contributed by atoms with Crippen molar-refractivity contribution in [2.24, 2.45) is 0 Å². The fraction of sp³-hybridized carbons (Fsp3) is 0. The van der Waals surface area contributed by atoms with Crippen LogP contribution < -0.4 is 0 Å². The molecule has 0 amide bonds. The molecule has 1 heterocycles. The molecule has 3 rings (SSSR count). The van der Waals surface area contributed by atoms with Crippen LogP contribution >= 0.6 is 0 Å². The van der Waals surface area contributed by atoms with E-state index in [0.29, 0.717) is 11.0 Å². The topological polar surface area (TPSA) is 48.9 Å². The second-order valence-corrected chi connectivity index (χ2v) is 4.08. The summed E-state index contributed by atoms with van der Waals surface area (Å²) in [6, 6.07) is 6.53. The molecular formula is C13H6F4N2O. The third-order valence-corrected chi connectivity index (χ3v) is 2.87. The molecule has 0 bridgehead atoms. The Bertz CT molecular complexity index is 767. The van der Waals surface area contributed by atoms with Crippen molar-refractivity contribution in [2.45, 2.75) is 0 Å². The van der Waals surface area contributed by atoms with Crippen LogP contribution in [0, 0.1) is 23.3 Å².